The van der Waals surface area contributed by atoms with E-state index in [9.17, 15) is 18.0 Å². The monoisotopic (exact) mass is 362 g/mol. The molecular formula is C18H13F3N2OS. The molecule has 0 bridgehead atoms. The largest absolute Gasteiger partial charge is 0.346 e. The summed E-state index contributed by atoms with van der Waals surface area (Å²) in [5.41, 5.74) is 1.20. The summed E-state index contributed by atoms with van der Waals surface area (Å²) < 4.78 is 39.7. The first-order valence-electron chi connectivity index (χ1n) is 7.43. The molecule has 1 aromatic heterocycles. The van der Waals surface area contributed by atoms with Crippen molar-refractivity contribution in [2.75, 3.05) is 0 Å². The summed E-state index contributed by atoms with van der Waals surface area (Å²) in [7, 11) is 0. The zero-order valence-electron chi connectivity index (χ0n) is 12.9. The Hall–Kier alpha value is -2.67. The molecule has 128 valence electrons. The number of rotatable bonds is 5. The first-order chi connectivity index (χ1) is 12.0. The zero-order chi connectivity index (χ0) is 17.8. The van der Waals surface area contributed by atoms with Gasteiger partial charge in [0.2, 0.25) is 0 Å². The summed E-state index contributed by atoms with van der Waals surface area (Å²) in [4.78, 5) is 16.3. The van der Waals surface area contributed by atoms with Crippen LogP contribution >= 0.6 is 11.3 Å². The van der Waals surface area contributed by atoms with Crippen LogP contribution in [-0.4, -0.2) is 10.9 Å². The number of thiazole rings is 1. The SMILES string of the molecule is O=C(NCc1csc(Cc2ccccc2)n1)c1ccc(F)c(F)c1F. The van der Waals surface area contributed by atoms with Crippen molar-refractivity contribution in [1.29, 1.82) is 0 Å². The zero-order valence-corrected chi connectivity index (χ0v) is 13.7. The van der Waals surface area contributed by atoms with Gasteiger partial charge in [-0.2, -0.15) is 0 Å². The van der Waals surface area contributed by atoms with Gasteiger partial charge in [0.1, 0.15) is 0 Å². The van der Waals surface area contributed by atoms with Gasteiger partial charge in [0.05, 0.1) is 22.8 Å². The predicted molar refractivity (Wildman–Crippen MR) is 88.8 cm³/mol. The van der Waals surface area contributed by atoms with Crippen LogP contribution in [0.25, 0.3) is 0 Å². The lowest BCUT2D eigenvalue weighted by Crippen LogP contribution is -2.24. The third kappa shape index (κ3) is 4.06. The third-order valence-electron chi connectivity index (χ3n) is 3.51. The Morgan fingerprint density at radius 3 is 2.56 bits per heavy atom. The molecule has 1 N–H and O–H groups in total. The first kappa shape index (κ1) is 17.2. The van der Waals surface area contributed by atoms with Crippen molar-refractivity contribution in [3.63, 3.8) is 0 Å². The van der Waals surface area contributed by atoms with E-state index in [1.165, 1.54) is 11.3 Å². The Morgan fingerprint density at radius 2 is 1.80 bits per heavy atom. The molecule has 0 atom stereocenters. The van der Waals surface area contributed by atoms with E-state index in [-0.39, 0.29) is 6.54 Å². The Kier molecular flexibility index (Phi) is 5.14. The Labute approximate surface area is 146 Å². The van der Waals surface area contributed by atoms with Crippen LogP contribution < -0.4 is 5.32 Å². The van der Waals surface area contributed by atoms with E-state index in [0.29, 0.717) is 18.2 Å². The molecule has 3 nitrogen and oxygen atoms in total. The molecule has 0 spiro atoms. The van der Waals surface area contributed by atoms with E-state index >= 15 is 0 Å². The van der Waals surface area contributed by atoms with Gasteiger partial charge in [0.15, 0.2) is 17.5 Å². The number of aromatic nitrogens is 1. The molecule has 25 heavy (non-hydrogen) atoms. The summed E-state index contributed by atoms with van der Waals surface area (Å²) in [5, 5.41) is 5.13. The van der Waals surface area contributed by atoms with E-state index in [4.69, 9.17) is 0 Å². The van der Waals surface area contributed by atoms with E-state index in [1.807, 2.05) is 30.3 Å². The Balaban J connectivity index is 1.62. The average molecular weight is 362 g/mol. The fourth-order valence-electron chi connectivity index (χ4n) is 2.25. The number of carbonyl (C=O) groups is 1. The van der Waals surface area contributed by atoms with Gasteiger partial charge in [0, 0.05) is 11.8 Å². The summed E-state index contributed by atoms with van der Waals surface area (Å²) in [6.45, 7) is 0.0720. The molecule has 0 saturated carbocycles. The van der Waals surface area contributed by atoms with Gasteiger partial charge < -0.3 is 5.32 Å². The lowest BCUT2D eigenvalue weighted by Gasteiger charge is -2.05. The number of nitrogens with zero attached hydrogens (tertiary/aromatic N) is 1. The van der Waals surface area contributed by atoms with Gasteiger partial charge in [-0.05, 0) is 17.7 Å². The third-order valence-corrected chi connectivity index (χ3v) is 4.40. The second-order valence-electron chi connectivity index (χ2n) is 5.30. The number of nitrogens with one attached hydrogen (secondary N) is 1. The number of hydrogen-bond acceptors (Lipinski definition) is 3. The molecule has 1 heterocycles. The number of amides is 1. The molecular weight excluding hydrogens is 349 g/mol. The van der Waals surface area contributed by atoms with Crippen molar-refractivity contribution >= 4 is 17.2 Å². The smallest absolute Gasteiger partial charge is 0.254 e. The molecule has 0 radical (unpaired) electrons. The minimum atomic E-state index is -1.66. The number of carbonyl (C=O) groups excluding carboxylic acids is 1. The standard InChI is InChI=1S/C18H13F3N2OS/c19-14-7-6-13(16(20)17(14)21)18(24)22-9-12-10-25-15(23-12)8-11-4-2-1-3-5-11/h1-7,10H,8-9H2,(H,22,24). The van der Waals surface area contributed by atoms with Crippen LogP contribution in [0.2, 0.25) is 0 Å². The lowest BCUT2D eigenvalue weighted by molar-refractivity contribution is 0.0945. The van der Waals surface area contributed by atoms with Crippen molar-refractivity contribution < 1.29 is 18.0 Å². The van der Waals surface area contributed by atoms with Gasteiger partial charge >= 0.3 is 0 Å². The summed E-state index contributed by atoms with van der Waals surface area (Å²) >= 11 is 1.45. The van der Waals surface area contributed by atoms with Crippen molar-refractivity contribution in [3.8, 4) is 0 Å². The fraction of sp³-hybridized carbons (Fsp3) is 0.111. The Morgan fingerprint density at radius 1 is 1.04 bits per heavy atom. The molecule has 3 rings (SSSR count). The highest BCUT2D eigenvalue weighted by Crippen LogP contribution is 2.17. The van der Waals surface area contributed by atoms with Crippen LogP contribution in [0.3, 0.4) is 0 Å². The number of halogens is 3. The minimum absolute atomic E-state index is 0.0720. The maximum absolute atomic E-state index is 13.6. The van der Waals surface area contributed by atoms with E-state index in [0.717, 1.165) is 16.6 Å². The molecule has 0 unspecified atom stereocenters. The normalized spacial score (nSPS) is 10.7. The molecule has 2 aromatic carbocycles. The first-order valence-corrected chi connectivity index (χ1v) is 8.31. The second kappa shape index (κ2) is 7.48. The van der Waals surface area contributed by atoms with Gasteiger partial charge in [-0.3, -0.25) is 4.79 Å². The van der Waals surface area contributed by atoms with E-state index in [1.54, 1.807) is 5.38 Å². The molecule has 0 aliphatic heterocycles. The summed E-state index contributed by atoms with van der Waals surface area (Å²) in [6.07, 6.45) is 0.678. The van der Waals surface area contributed by atoms with Crippen molar-refractivity contribution in [1.82, 2.24) is 10.3 Å². The maximum Gasteiger partial charge on any atom is 0.254 e. The lowest BCUT2D eigenvalue weighted by atomic mass is 10.2. The van der Waals surface area contributed by atoms with Crippen molar-refractivity contribution in [2.45, 2.75) is 13.0 Å². The van der Waals surface area contributed by atoms with E-state index < -0.39 is 28.9 Å². The topological polar surface area (TPSA) is 42.0 Å². The fourth-order valence-corrected chi connectivity index (χ4v) is 3.08. The highest BCUT2D eigenvalue weighted by molar-refractivity contribution is 7.09. The molecule has 0 aliphatic rings. The van der Waals surface area contributed by atoms with Crippen LogP contribution in [0.4, 0.5) is 13.2 Å². The molecule has 0 saturated heterocycles. The number of benzene rings is 2. The van der Waals surface area contributed by atoms with Crippen LogP contribution in [0.15, 0.2) is 47.8 Å². The second-order valence-corrected chi connectivity index (χ2v) is 6.24. The number of hydrogen-bond donors (Lipinski definition) is 1. The molecule has 3 aromatic rings. The van der Waals surface area contributed by atoms with Crippen LogP contribution in [0.5, 0.6) is 0 Å². The minimum Gasteiger partial charge on any atom is -0.346 e. The van der Waals surface area contributed by atoms with Gasteiger partial charge in [0.25, 0.3) is 5.91 Å². The van der Waals surface area contributed by atoms with Gasteiger partial charge in [-0.15, -0.1) is 11.3 Å². The molecule has 0 fully saturated rings. The molecule has 0 aliphatic carbocycles. The average Bonchev–Trinajstić information content (AvgIpc) is 3.06. The van der Waals surface area contributed by atoms with Crippen molar-refractivity contribution in [2.24, 2.45) is 0 Å². The summed E-state index contributed by atoms with van der Waals surface area (Å²) in [6, 6.07) is 11.4. The Bertz CT molecular complexity index is 897. The summed E-state index contributed by atoms with van der Waals surface area (Å²) in [5.74, 6) is -5.32. The van der Waals surface area contributed by atoms with Gasteiger partial charge in [-0.1, -0.05) is 30.3 Å². The van der Waals surface area contributed by atoms with Gasteiger partial charge in [-0.25, -0.2) is 18.2 Å². The van der Waals surface area contributed by atoms with E-state index in [2.05, 4.69) is 10.3 Å². The highest BCUT2D eigenvalue weighted by atomic mass is 32.1. The predicted octanol–water partition coefficient (Wildman–Crippen LogP) is 4.08. The van der Waals surface area contributed by atoms with Crippen molar-refractivity contribution in [3.05, 3.63) is 87.1 Å². The molecule has 1 amide bonds. The quantitative estimate of drug-likeness (QED) is 0.695. The van der Waals surface area contributed by atoms with Crippen LogP contribution in [-0.2, 0) is 13.0 Å². The maximum atomic E-state index is 13.6. The highest BCUT2D eigenvalue weighted by Gasteiger charge is 2.18. The molecule has 7 heteroatoms. The van der Waals surface area contributed by atoms with Crippen LogP contribution in [0.1, 0.15) is 26.6 Å². The van der Waals surface area contributed by atoms with Crippen LogP contribution in [0, 0.1) is 17.5 Å².